The van der Waals surface area contributed by atoms with Crippen molar-refractivity contribution in [3.05, 3.63) is 4.91 Å². The minimum absolute atomic E-state index is 0.703. The molecule has 0 aromatic carbocycles. The Labute approximate surface area is 68.7 Å². The van der Waals surface area contributed by atoms with Crippen molar-refractivity contribution in [3.63, 3.8) is 0 Å². The second-order valence-corrected chi connectivity index (χ2v) is 2.81. The molecule has 0 aliphatic carbocycles. The van der Waals surface area contributed by atoms with Gasteiger partial charge in [0.05, 0.1) is 6.10 Å². The van der Waals surface area contributed by atoms with E-state index < -0.39 is 30.6 Å². The van der Waals surface area contributed by atoms with Crippen LogP contribution in [0.3, 0.4) is 0 Å². The molecule has 1 aliphatic rings. The molecule has 1 rings (SSSR count). The maximum absolute atomic E-state index is 10.1. The number of aliphatic hydroxyl groups is 3. The molecule has 1 saturated heterocycles. The van der Waals surface area contributed by atoms with Crippen molar-refractivity contribution >= 4 is 0 Å². The molecule has 5 atom stereocenters. The number of hydrogen-bond donors (Lipinski definition) is 3. The van der Waals surface area contributed by atoms with Gasteiger partial charge in [-0.25, -0.2) is 0 Å². The van der Waals surface area contributed by atoms with Crippen LogP contribution in [0.1, 0.15) is 6.92 Å². The van der Waals surface area contributed by atoms with Gasteiger partial charge in [0.1, 0.15) is 12.2 Å². The van der Waals surface area contributed by atoms with Gasteiger partial charge in [-0.05, 0) is 6.92 Å². The monoisotopic (exact) mass is 177 g/mol. The summed E-state index contributed by atoms with van der Waals surface area (Å²) >= 11 is 0. The van der Waals surface area contributed by atoms with Crippen LogP contribution in [0.15, 0.2) is 5.18 Å². The summed E-state index contributed by atoms with van der Waals surface area (Å²) in [6, 6.07) is -1.22. The highest BCUT2D eigenvalue weighted by Gasteiger charge is 2.43. The van der Waals surface area contributed by atoms with E-state index in [-0.39, 0.29) is 0 Å². The Morgan fingerprint density at radius 1 is 1.25 bits per heavy atom. The van der Waals surface area contributed by atoms with E-state index in [0.717, 1.165) is 0 Å². The Hall–Kier alpha value is -0.560. The molecule has 0 amide bonds. The Bertz CT molecular complexity index is 161. The molecule has 1 heterocycles. The fourth-order valence-corrected chi connectivity index (χ4v) is 1.15. The molecule has 0 aromatic rings. The van der Waals surface area contributed by atoms with Gasteiger partial charge in [-0.15, -0.1) is 0 Å². The highest BCUT2D eigenvalue weighted by atomic mass is 16.6. The Morgan fingerprint density at radius 3 is 2.33 bits per heavy atom. The average molecular weight is 177 g/mol. The Balaban J connectivity index is 2.73. The lowest BCUT2D eigenvalue weighted by molar-refractivity contribution is -0.247. The van der Waals surface area contributed by atoms with E-state index in [9.17, 15) is 10.0 Å². The maximum atomic E-state index is 10.1. The summed E-state index contributed by atoms with van der Waals surface area (Å²) in [6.45, 7) is 1.48. The predicted molar refractivity (Wildman–Crippen MR) is 38.2 cm³/mol. The summed E-state index contributed by atoms with van der Waals surface area (Å²) in [4.78, 5) is 10.1. The minimum Gasteiger partial charge on any atom is -0.388 e. The van der Waals surface area contributed by atoms with Gasteiger partial charge in [-0.2, -0.15) is 4.91 Å². The van der Waals surface area contributed by atoms with Crippen molar-refractivity contribution in [2.24, 2.45) is 5.18 Å². The van der Waals surface area contributed by atoms with E-state index in [1.165, 1.54) is 6.92 Å². The molecule has 1 aliphatic heterocycles. The van der Waals surface area contributed by atoms with E-state index >= 15 is 0 Å². The molecule has 0 radical (unpaired) electrons. The third kappa shape index (κ3) is 1.46. The van der Waals surface area contributed by atoms with Crippen molar-refractivity contribution in [1.29, 1.82) is 0 Å². The van der Waals surface area contributed by atoms with Crippen molar-refractivity contribution in [1.82, 2.24) is 0 Å². The molecular weight excluding hydrogens is 166 g/mol. The topological polar surface area (TPSA) is 99.4 Å². The van der Waals surface area contributed by atoms with E-state index in [1.807, 2.05) is 0 Å². The lowest BCUT2D eigenvalue weighted by Crippen LogP contribution is -2.55. The second-order valence-electron chi connectivity index (χ2n) is 2.81. The first-order valence-corrected chi connectivity index (χ1v) is 3.60. The zero-order valence-electron chi connectivity index (χ0n) is 6.49. The van der Waals surface area contributed by atoms with Crippen molar-refractivity contribution < 1.29 is 20.1 Å². The van der Waals surface area contributed by atoms with Gasteiger partial charge in [-0.3, -0.25) is 0 Å². The number of nitrogens with zero attached hydrogens (tertiary/aromatic N) is 1. The van der Waals surface area contributed by atoms with Gasteiger partial charge in [0.25, 0.3) is 0 Å². The quantitative estimate of drug-likeness (QED) is 0.427. The zero-order valence-corrected chi connectivity index (χ0v) is 6.49. The van der Waals surface area contributed by atoms with Crippen LogP contribution in [0.5, 0.6) is 0 Å². The molecule has 0 spiro atoms. The van der Waals surface area contributed by atoms with E-state index in [2.05, 4.69) is 5.18 Å². The molecule has 0 aromatic heterocycles. The van der Waals surface area contributed by atoms with E-state index in [1.54, 1.807) is 0 Å². The van der Waals surface area contributed by atoms with Crippen LogP contribution >= 0.6 is 0 Å². The summed E-state index contributed by atoms with van der Waals surface area (Å²) in [6.07, 6.45) is -4.77. The summed E-state index contributed by atoms with van der Waals surface area (Å²) in [7, 11) is 0. The highest BCUT2D eigenvalue weighted by molar-refractivity contribution is 4.91. The SMILES string of the molecule is CC1OC(O)C(O)C(N=O)C1O. The highest BCUT2D eigenvalue weighted by Crippen LogP contribution is 2.21. The predicted octanol–water partition coefficient (Wildman–Crippen LogP) is -1.42. The van der Waals surface area contributed by atoms with Crippen LogP contribution in [0.25, 0.3) is 0 Å². The molecule has 0 bridgehead atoms. The number of ether oxygens (including phenoxy) is 1. The summed E-state index contributed by atoms with van der Waals surface area (Å²) < 4.78 is 4.70. The molecule has 1 fully saturated rings. The second kappa shape index (κ2) is 3.44. The van der Waals surface area contributed by atoms with E-state index in [4.69, 9.17) is 14.9 Å². The third-order valence-electron chi connectivity index (χ3n) is 1.95. The molecule has 70 valence electrons. The largest absolute Gasteiger partial charge is 0.388 e. The minimum atomic E-state index is -1.45. The Morgan fingerprint density at radius 2 is 1.83 bits per heavy atom. The van der Waals surface area contributed by atoms with Crippen LogP contribution < -0.4 is 0 Å². The van der Waals surface area contributed by atoms with Crippen molar-refractivity contribution in [3.8, 4) is 0 Å². The fraction of sp³-hybridized carbons (Fsp3) is 1.00. The first-order valence-electron chi connectivity index (χ1n) is 3.60. The van der Waals surface area contributed by atoms with Crippen LogP contribution in [-0.4, -0.2) is 46.0 Å². The van der Waals surface area contributed by atoms with Crippen LogP contribution in [0.2, 0.25) is 0 Å². The molecular formula is C6H11NO5. The van der Waals surface area contributed by atoms with Gasteiger partial charge < -0.3 is 20.1 Å². The molecule has 5 unspecified atom stereocenters. The lowest BCUT2D eigenvalue weighted by Gasteiger charge is -2.35. The lowest BCUT2D eigenvalue weighted by atomic mass is 9.98. The van der Waals surface area contributed by atoms with Crippen molar-refractivity contribution in [2.75, 3.05) is 0 Å². The van der Waals surface area contributed by atoms with E-state index in [0.29, 0.717) is 0 Å². The molecule has 6 nitrogen and oxygen atoms in total. The standard InChI is InChI=1S/C6H11NO5/c1-2-4(8)3(7-11)5(9)6(10)12-2/h2-6,8-10H,1H3. The molecule has 12 heavy (non-hydrogen) atoms. The average Bonchev–Trinajstić information content (AvgIpc) is 2.02. The fourth-order valence-electron chi connectivity index (χ4n) is 1.15. The van der Waals surface area contributed by atoms with Crippen LogP contribution in [-0.2, 0) is 4.74 Å². The van der Waals surface area contributed by atoms with Crippen LogP contribution in [0.4, 0.5) is 0 Å². The Kier molecular flexibility index (Phi) is 2.73. The van der Waals surface area contributed by atoms with Gasteiger partial charge in [0.15, 0.2) is 12.3 Å². The van der Waals surface area contributed by atoms with Crippen molar-refractivity contribution in [2.45, 2.75) is 37.6 Å². The van der Waals surface area contributed by atoms with Gasteiger partial charge in [0.2, 0.25) is 0 Å². The number of aliphatic hydroxyl groups excluding tert-OH is 3. The first kappa shape index (κ1) is 9.53. The molecule has 6 heteroatoms. The number of rotatable bonds is 1. The van der Waals surface area contributed by atoms with Gasteiger partial charge >= 0.3 is 0 Å². The summed E-state index contributed by atoms with van der Waals surface area (Å²) in [5.41, 5.74) is 0. The van der Waals surface area contributed by atoms with Gasteiger partial charge in [-0.1, -0.05) is 5.18 Å². The molecule has 0 saturated carbocycles. The summed E-state index contributed by atoms with van der Waals surface area (Å²) in [5, 5.41) is 29.8. The van der Waals surface area contributed by atoms with Crippen LogP contribution in [0, 0.1) is 4.91 Å². The summed E-state index contributed by atoms with van der Waals surface area (Å²) in [5.74, 6) is 0. The maximum Gasteiger partial charge on any atom is 0.183 e. The molecule has 3 N–H and O–H groups in total. The normalized spacial score (nSPS) is 48.8. The first-order chi connectivity index (χ1) is 5.57. The smallest absolute Gasteiger partial charge is 0.183 e. The zero-order chi connectivity index (χ0) is 9.30. The number of hydrogen-bond acceptors (Lipinski definition) is 6. The third-order valence-corrected chi connectivity index (χ3v) is 1.95. The van der Waals surface area contributed by atoms with Gasteiger partial charge in [0, 0.05) is 0 Å². The number of nitroso groups, excluding NO2 is 1.